The van der Waals surface area contributed by atoms with Gasteiger partial charge in [-0.15, -0.1) is 0 Å². The second-order valence-electron chi connectivity index (χ2n) is 10.6. The molecule has 0 spiro atoms. The van der Waals surface area contributed by atoms with Gasteiger partial charge >= 0.3 is 6.18 Å². The Labute approximate surface area is 237 Å². The largest absolute Gasteiger partial charge is 0.497 e. The van der Waals surface area contributed by atoms with Gasteiger partial charge in [-0.05, 0) is 43.4 Å². The molecule has 0 N–H and O–H groups in total. The van der Waals surface area contributed by atoms with Crippen molar-refractivity contribution in [2.75, 3.05) is 40.3 Å². The van der Waals surface area contributed by atoms with E-state index in [4.69, 9.17) is 9.84 Å². The van der Waals surface area contributed by atoms with E-state index in [1.54, 1.807) is 7.11 Å². The predicted molar refractivity (Wildman–Crippen MR) is 155 cm³/mol. The number of likely N-dealkylation sites (N-methyl/N-ethyl adjacent to an activating group) is 1. The Morgan fingerprint density at radius 3 is 1.98 bits per heavy atom. The first-order valence-electron chi connectivity index (χ1n) is 13.6. The van der Waals surface area contributed by atoms with Crippen molar-refractivity contribution in [2.24, 2.45) is 7.05 Å². The summed E-state index contributed by atoms with van der Waals surface area (Å²) in [4.78, 5) is 4.77. The van der Waals surface area contributed by atoms with Gasteiger partial charge in [0.2, 0.25) is 0 Å². The summed E-state index contributed by atoms with van der Waals surface area (Å²) < 4.78 is 49.7. The molecule has 9 heteroatoms. The third-order valence-corrected chi connectivity index (χ3v) is 7.92. The van der Waals surface area contributed by atoms with Crippen LogP contribution in [0.25, 0.3) is 39.4 Å². The highest BCUT2D eigenvalue weighted by Crippen LogP contribution is 2.40. The molecule has 5 aromatic rings. The third kappa shape index (κ3) is 5.11. The summed E-state index contributed by atoms with van der Waals surface area (Å²) in [5.41, 5.74) is 6.40. The molecule has 41 heavy (non-hydrogen) atoms. The molecule has 0 atom stereocenters. The first-order valence-corrected chi connectivity index (χ1v) is 13.6. The van der Waals surface area contributed by atoms with Gasteiger partial charge in [0.05, 0.1) is 29.8 Å². The number of piperazine rings is 1. The number of methoxy groups -OCH3 is 1. The van der Waals surface area contributed by atoms with Crippen LogP contribution in [0.5, 0.6) is 5.75 Å². The number of hydrogen-bond donors (Lipinski definition) is 0. The average Bonchev–Trinajstić information content (AvgIpc) is 3.49. The monoisotopic (exact) mass is 559 g/mol. The zero-order valence-corrected chi connectivity index (χ0v) is 23.3. The van der Waals surface area contributed by atoms with Crippen LogP contribution in [0.4, 0.5) is 13.2 Å². The maximum Gasteiger partial charge on any atom is 0.416 e. The van der Waals surface area contributed by atoms with Crippen LogP contribution in [0.1, 0.15) is 11.1 Å². The summed E-state index contributed by atoms with van der Waals surface area (Å²) >= 11 is 0. The Bertz CT molecular complexity index is 1650. The molecule has 0 unspecified atom stereocenters. The van der Waals surface area contributed by atoms with E-state index < -0.39 is 11.7 Å². The molecule has 0 saturated carbocycles. The van der Waals surface area contributed by atoms with Gasteiger partial charge in [0, 0.05) is 62.0 Å². The molecule has 1 fully saturated rings. The number of hydrogen-bond acceptors (Lipinski definition) is 4. The van der Waals surface area contributed by atoms with Crippen LogP contribution in [-0.2, 0) is 19.8 Å². The van der Waals surface area contributed by atoms with Crippen LogP contribution in [0, 0.1) is 0 Å². The zero-order valence-electron chi connectivity index (χ0n) is 23.3. The van der Waals surface area contributed by atoms with Crippen molar-refractivity contribution in [3.63, 3.8) is 0 Å². The molecular formula is C32H32F3N5O. The number of benzene rings is 3. The fourth-order valence-electron chi connectivity index (χ4n) is 5.67. The van der Waals surface area contributed by atoms with E-state index in [9.17, 15) is 13.2 Å². The Hall–Kier alpha value is -4.08. The summed E-state index contributed by atoms with van der Waals surface area (Å²) in [5.74, 6) is 0.728. The van der Waals surface area contributed by atoms with E-state index in [1.165, 1.54) is 12.1 Å². The van der Waals surface area contributed by atoms with Crippen LogP contribution < -0.4 is 4.74 Å². The molecule has 6 nitrogen and oxygen atoms in total. The average molecular weight is 560 g/mol. The van der Waals surface area contributed by atoms with Crippen molar-refractivity contribution >= 4 is 5.65 Å². The zero-order chi connectivity index (χ0) is 28.7. The minimum atomic E-state index is -4.41. The van der Waals surface area contributed by atoms with E-state index in [0.29, 0.717) is 12.1 Å². The first-order chi connectivity index (χ1) is 19.7. The van der Waals surface area contributed by atoms with Crippen LogP contribution >= 0.6 is 0 Å². The van der Waals surface area contributed by atoms with Crippen molar-refractivity contribution in [1.29, 1.82) is 0 Å². The molecule has 1 aliphatic rings. The lowest BCUT2D eigenvalue weighted by molar-refractivity contribution is -0.137. The summed E-state index contributed by atoms with van der Waals surface area (Å²) in [7, 11) is 5.76. The van der Waals surface area contributed by atoms with E-state index in [-0.39, 0.29) is 0 Å². The molecule has 2 aromatic heterocycles. The van der Waals surface area contributed by atoms with Crippen LogP contribution in [-0.4, -0.2) is 64.3 Å². The number of aryl methyl sites for hydroxylation is 1. The van der Waals surface area contributed by atoms with Gasteiger partial charge in [-0.2, -0.15) is 18.3 Å². The highest BCUT2D eigenvalue weighted by Gasteiger charge is 2.31. The highest BCUT2D eigenvalue weighted by atomic mass is 19.4. The molecule has 0 bridgehead atoms. The lowest BCUT2D eigenvalue weighted by atomic mass is 10.0. The van der Waals surface area contributed by atoms with Crippen LogP contribution in [0.2, 0.25) is 0 Å². The van der Waals surface area contributed by atoms with Crippen molar-refractivity contribution in [2.45, 2.75) is 12.7 Å². The molecule has 6 rings (SSSR count). The van der Waals surface area contributed by atoms with Crippen molar-refractivity contribution in [1.82, 2.24) is 24.0 Å². The highest BCUT2D eigenvalue weighted by molar-refractivity contribution is 5.86. The number of alkyl halides is 3. The van der Waals surface area contributed by atoms with E-state index >= 15 is 0 Å². The number of rotatable bonds is 6. The van der Waals surface area contributed by atoms with Gasteiger partial charge in [-0.25, -0.2) is 4.52 Å². The SMILES string of the molecule is COc1ccc(-c2c(-c3ccc(C(F)(F)F)cc3)n3nc(-c4ccccc4)c(CN4CCN(C)CC4)c3n2C)cc1. The second kappa shape index (κ2) is 10.7. The van der Waals surface area contributed by atoms with E-state index in [1.807, 2.05) is 54.0 Å². The fourth-order valence-corrected chi connectivity index (χ4v) is 5.67. The maximum absolute atomic E-state index is 13.4. The molecule has 0 radical (unpaired) electrons. The number of ether oxygens (including phenoxy) is 1. The van der Waals surface area contributed by atoms with Gasteiger partial charge < -0.3 is 14.2 Å². The van der Waals surface area contributed by atoms with Gasteiger partial charge in [0.15, 0.2) is 0 Å². The van der Waals surface area contributed by atoms with Crippen molar-refractivity contribution in [3.05, 3.63) is 90.0 Å². The van der Waals surface area contributed by atoms with Gasteiger partial charge in [0.1, 0.15) is 11.4 Å². The van der Waals surface area contributed by atoms with Gasteiger partial charge in [-0.1, -0.05) is 42.5 Å². The fraction of sp³-hybridized carbons (Fsp3) is 0.281. The Kier molecular flexibility index (Phi) is 7.09. The lowest BCUT2D eigenvalue weighted by Crippen LogP contribution is -2.43. The standard InChI is InChI=1S/C32H32F3N5O/c1-37-17-19-39(20-18-37)21-27-28(22-7-5-4-6-8-22)36-40-30(24-9-13-25(14-10-24)32(33,34)35)29(38(2)31(27)40)23-11-15-26(41-3)16-12-23/h4-16H,17-21H2,1-3H3. The number of fused-ring (bicyclic) bond motifs is 1. The summed E-state index contributed by atoms with van der Waals surface area (Å²) in [6, 6.07) is 23.2. The van der Waals surface area contributed by atoms with Crippen molar-refractivity contribution in [3.8, 4) is 39.5 Å². The van der Waals surface area contributed by atoms with Crippen LogP contribution in [0.15, 0.2) is 78.9 Å². The molecular weight excluding hydrogens is 527 g/mol. The minimum Gasteiger partial charge on any atom is -0.497 e. The lowest BCUT2D eigenvalue weighted by Gasteiger charge is -2.32. The predicted octanol–water partition coefficient (Wildman–Crippen LogP) is 6.45. The topological polar surface area (TPSA) is 37.9 Å². The smallest absolute Gasteiger partial charge is 0.416 e. The molecule has 0 amide bonds. The number of nitrogens with zero attached hydrogens (tertiary/aromatic N) is 5. The molecule has 3 aromatic carbocycles. The molecule has 1 aliphatic heterocycles. The van der Waals surface area contributed by atoms with Gasteiger partial charge in [0.25, 0.3) is 0 Å². The number of halogens is 3. The molecule has 3 heterocycles. The molecule has 0 aliphatic carbocycles. The third-order valence-electron chi connectivity index (χ3n) is 7.92. The summed E-state index contributed by atoms with van der Waals surface area (Å²) in [5, 5.41) is 5.16. The first kappa shape index (κ1) is 27.1. The normalized spacial score (nSPS) is 15.1. The second-order valence-corrected chi connectivity index (χ2v) is 10.6. The van der Waals surface area contributed by atoms with Crippen LogP contribution in [0.3, 0.4) is 0 Å². The molecule has 1 saturated heterocycles. The Morgan fingerprint density at radius 1 is 0.756 bits per heavy atom. The number of imidazole rings is 1. The Balaban J connectivity index is 1.60. The summed E-state index contributed by atoms with van der Waals surface area (Å²) in [6.07, 6.45) is -4.41. The maximum atomic E-state index is 13.4. The Morgan fingerprint density at radius 2 is 1.37 bits per heavy atom. The van der Waals surface area contributed by atoms with E-state index in [2.05, 4.69) is 33.5 Å². The summed E-state index contributed by atoms with van der Waals surface area (Å²) in [6.45, 7) is 4.60. The van der Waals surface area contributed by atoms with Gasteiger partial charge in [-0.3, -0.25) is 4.90 Å². The quantitative estimate of drug-likeness (QED) is 0.240. The minimum absolute atomic E-state index is 0.655. The van der Waals surface area contributed by atoms with Crippen molar-refractivity contribution < 1.29 is 17.9 Å². The molecule has 212 valence electrons. The van der Waals surface area contributed by atoms with E-state index in [0.717, 1.165) is 83.5 Å². The number of aromatic nitrogens is 3.